The molecule has 1 atom stereocenters. The third-order valence-electron chi connectivity index (χ3n) is 4.61. The molecular formula is C20H26ClN7O. The van der Waals surface area contributed by atoms with Crippen LogP contribution in [0.1, 0.15) is 18.4 Å². The third kappa shape index (κ3) is 6.05. The van der Waals surface area contributed by atoms with Gasteiger partial charge in [0.1, 0.15) is 11.6 Å². The zero-order valence-corrected chi connectivity index (χ0v) is 17.4. The van der Waals surface area contributed by atoms with E-state index in [-0.39, 0.29) is 11.9 Å². The molecule has 0 radical (unpaired) electrons. The molecule has 0 aromatic carbocycles. The average molecular weight is 416 g/mol. The molecule has 9 heteroatoms. The van der Waals surface area contributed by atoms with Gasteiger partial charge in [-0.2, -0.15) is 0 Å². The molecule has 0 bridgehead atoms. The van der Waals surface area contributed by atoms with Gasteiger partial charge in [-0.05, 0) is 37.1 Å². The molecule has 1 amide bonds. The number of nitrogens with zero attached hydrogens (tertiary/aromatic N) is 4. The molecule has 8 nitrogen and oxygen atoms in total. The molecule has 154 valence electrons. The summed E-state index contributed by atoms with van der Waals surface area (Å²) in [6.07, 6.45) is 4.74. The first-order chi connectivity index (χ1) is 14.0. The number of guanidine groups is 1. The van der Waals surface area contributed by atoms with Crippen molar-refractivity contribution in [1.29, 1.82) is 0 Å². The molecule has 0 spiro atoms. The number of hydrogen-bond donors (Lipinski definition) is 3. The molecule has 1 unspecified atom stereocenters. The van der Waals surface area contributed by atoms with Crippen LogP contribution in [0.3, 0.4) is 0 Å². The van der Waals surface area contributed by atoms with Gasteiger partial charge in [-0.15, -0.1) is 0 Å². The first kappa shape index (κ1) is 20.9. The summed E-state index contributed by atoms with van der Waals surface area (Å²) >= 11 is 6.25. The highest BCUT2D eigenvalue weighted by Crippen LogP contribution is 2.25. The molecule has 3 N–H and O–H groups in total. The summed E-state index contributed by atoms with van der Waals surface area (Å²) in [7, 11) is 1.72. The molecule has 2 aromatic rings. The van der Waals surface area contributed by atoms with Gasteiger partial charge >= 0.3 is 0 Å². The number of aromatic nitrogens is 2. The lowest BCUT2D eigenvalue weighted by molar-refractivity contribution is -0.116. The van der Waals surface area contributed by atoms with Gasteiger partial charge in [-0.3, -0.25) is 9.79 Å². The number of rotatable bonds is 6. The van der Waals surface area contributed by atoms with Crippen LogP contribution >= 0.6 is 11.6 Å². The summed E-state index contributed by atoms with van der Waals surface area (Å²) in [5, 5.41) is 10.0. The number of aryl methyl sites for hydroxylation is 1. The van der Waals surface area contributed by atoms with E-state index >= 15 is 0 Å². The zero-order chi connectivity index (χ0) is 20.6. The van der Waals surface area contributed by atoms with Gasteiger partial charge in [0.05, 0.1) is 5.02 Å². The predicted molar refractivity (Wildman–Crippen MR) is 117 cm³/mol. The third-order valence-corrected chi connectivity index (χ3v) is 4.91. The maximum atomic E-state index is 12.1. The molecule has 0 saturated carbocycles. The molecule has 1 fully saturated rings. The molecule has 1 saturated heterocycles. The maximum absolute atomic E-state index is 12.1. The van der Waals surface area contributed by atoms with Gasteiger partial charge in [0.15, 0.2) is 5.96 Å². The van der Waals surface area contributed by atoms with Crippen molar-refractivity contribution < 1.29 is 4.79 Å². The topological polar surface area (TPSA) is 94.5 Å². The lowest BCUT2D eigenvalue weighted by Gasteiger charge is -2.20. The molecule has 2 aromatic heterocycles. The van der Waals surface area contributed by atoms with Crippen molar-refractivity contribution >= 4 is 35.1 Å². The van der Waals surface area contributed by atoms with Crippen LogP contribution in [0.25, 0.3) is 0 Å². The molecule has 29 heavy (non-hydrogen) atoms. The van der Waals surface area contributed by atoms with Gasteiger partial charge < -0.3 is 20.9 Å². The van der Waals surface area contributed by atoms with Crippen molar-refractivity contribution in [3.05, 3.63) is 47.2 Å². The largest absolute Gasteiger partial charge is 0.356 e. The van der Waals surface area contributed by atoms with E-state index in [0.717, 1.165) is 30.9 Å². The summed E-state index contributed by atoms with van der Waals surface area (Å²) < 4.78 is 0. The minimum atomic E-state index is -0.0962. The van der Waals surface area contributed by atoms with Crippen molar-refractivity contribution in [2.24, 2.45) is 4.99 Å². The van der Waals surface area contributed by atoms with E-state index in [9.17, 15) is 4.79 Å². The summed E-state index contributed by atoms with van der Waals surface area (Å²) in [5.74, 6) is 1.94. The Morgan fingerprint density at radius 3 is 2.93 bits per heavy atom. The zero-order valence-electron chi connectivity index (χ0n) is 16.7. The van der Waals surface area contributed by atoms with E-state index < -0.39 is 0 Å². The first-order valence-electron chi connectivity index (χ1n) is 9.60. The van der Waals surface area contributed by atoms with Crippen LogP contribution in [0.15, 0.2) is 41.7 Å². The van der Waals surface area contributed by atoms with Crippen LogP contribution in [0.5, 0.6) is 0 Å². The van der Waals surface area contributed by atoms with Crippen molar-refractivity contribution in [1.82, 2.24) is 20.6 Å². The smallest absolute Gasteiger partial charge is 0.227 e. The Labute approximate surface area is 175 Å². The molecule has 3 heterocycles. The molecular weight excluding hydrogens is 390 g/mol. The summed E-state index contributed by atoms with van der Waals surface area (Å²) in [5.41, 5.74) is 1.05. The van der Waals surface area contributed by atoms with E-state index in [1.807, 2.05) is 25.1 Å². The predicted octanol–water partition coefficient (Wildman–Crippen LogP) is 2.21. The van der Waals surface area contributed by atoms with Crippen LogP contribution < -0.4 is 20.9 Å². The number of halogens is 1. The van der Waals surface area contributed by atoms with Gasteiger partial charge in [-0.25, -0.2) is 9.97 Å². The van der Waals surface area contributed by atoms with Crippen molar-refractivity contribution in [3.63, 3.8) is 0 Å². The number of nitrogens with one attached hydrogen (secondary N) is 3. The molecule has 1 aliphatic rings. The minimum Gasteiger partial charge on any atom is -0.356 e. The highest BCUT2D eigenvalue weighted by molar-refractivity contribution is 6.32. The van der Waals surface area contributed by atoms with E-state index in [2.05, 4.69) is 35.8 Å². The Morgan fingerprint density at radius 2 is 2.21 bits per heavy atom. The quantitative estimate of drug-likeness (QED) is 0.494. The SMILES string of the molecule is CN=C(NCCC(=O)Nc1ccc(C)cn1)NC1CCN(c2ncccc2Cl)C1. The van der Waals surface area contributed by atoms with Gasteiger partial charge in [0.2, 0.25) is 5.91 Å². The monoisotopic (exact) mass is 415 g/mol. The van der Waals surface area contributed by atoms with Gasteiger partial charge in [-0.1, -0.05) is 17.7 Å². The number of aliphatic imine (C=N–C) groups is 1. The first-order valence-corrected chi connectivity index (χ1v) is 9.98. The second-order valence-corrected chi connectivity index (χ2v) is 7.31. The fourth-order valence-corrected chi connectivity index (χ4v) is 3.35. The Kier molecular flexibility index (Phi) is 7.24. The number of pyridine rings is 2. The fraction of sp³-hybridized carbons (Fsp3) is 0.400. The number of anilines is 2. The Morgan fingerprint density at radius 1 is 1.34 bits per heavy atom. The summed E-state index contributed by atoms with van der Waals surface area (Å²) in [4.78, 5) is 27.0. The van der Waals surface area contributed by atoms with Gasteiger partial charge in [0.25, 0.3) is 0 Å². The Balaban J connectivity index is 1.41. The Hall–Kier alpha value is -2.87. The van der Waals surface area contributed by atoms with Crippen LogP contribution in [0.2, 0.25) is 5.02 Å². The van der Waals surface area contributed by atoms with Crippen LogP contribution in [0, 0.1) is 6.92 Å². The van der Waals surface area contributed by atoms with Crippen LogP contribution in [0.4, 0.5) is 11.6 Å². The van der Waals surface area contributed by atoms with Crippen molar-refractivity contribution in [2.75, 3.05) is 36.9 Å². The standard InChI is InChI=1S/C20H26ClN7O/c1-14-5-6-17(25-12-14)27-18(29)7-10-24-20(22-2)26-15-8-11-28(13-15)19-16(21)4-3-9-23-19/h3-6,9,12,15H,7-8,10-11,13H2,1-2H3,(H2,22,24,26)(H,25,27,29). The second-order valence-electron chi connectivity index (χ2n) is 6.90. The number of amides is 1. The van der Waals surface area contributed by atoms with E-state index in [1.54, 1.807) is 25.5 Å². The number of hydrogen-bond acceptors (Lipinski definition) is 5. The molecule has 1 aliphatic heterocycles. The number of carbonyl (C=O) groups is 1. The highest BCUT2D eigenvalue weighted by atomic mass is 35.5. The average Bonchev–Trinajstić information content (AvgIpc) is 3.17. The normalized spacial score (nSPS) is 16.6. The summed E-state index contributed by atoms with van der Waals surface area (Å²) in [6, 6.07) is 7.61. The van der Waals surface area contributed by atoms with E-state index in [1.165, 1.54) is 0 Å². The van der Waals surface area contributed by atoms with Crippen molar-refractivity contribution in [2.45, 2.75) is 25.8 Å². The Bertz CT molecular complexity index is 856. The maximum Gasteiger partial charge on any atom is 0.227 e. The minimum absolute atomic E-state index is 0.0962. The molecule has 3 rings (SSSR count). The summed E-state index contributed by atoms with van der Waals surface area (Å²) in [6.45, 7) is 4.09. The van der Waals surface area contributed by atoms with E-state index in [0.29, 0.717) is 29.8 Å². The lowest BCUT2D eigenvalue weighted by Crippen LogP contribution is -2.45. The fourth-order valence-electron chi connectivity index (χ4n) is 3.11. The van der Waals surface area contributed by atoms with Gasteiger partial charge in [0, 0.05) is 51.5 Å². The number of carbonyl (C=O) groups excluding carboxylic acids is 1. The highest BCUT2D eigenvalue weighted by Gasteiger charge is 2.25. The lowest BCUT2D eigenvalue weighted by atomic mass is 10.3. The van der Waals surface area contributed by atoms with E-state index in [4.69, 9.17) is 11.6 Å². The second kappa shape index (κ2) is 10.1. The van der Waals surface area contributed by atoms with Crippen molar-refractivity contribution in [3.8, 4) is 0 Å². The van der Waals surface area contributed by atoms with Crippen LogP contribution in [-0.4, -0.2) is 54.6 Å². The molecule has 0 aliphatic carbocycles. The van der Waals surface area contributed by atoms with Crippen LogP contribution in [-0.2, 0) is 4.79 Å².